The number of amides is 1. The average molecular weight is 398 g/mol. The molecule has 6 nitrogen and oxygen atoms in total. The van der Waals surface area contributed by atoms with Crippen LogP contribution in [0.2, 0.25) is 0 Å². The van der Waals surface area contributed by atoms with Crippen molar-refractivity contribution in [1.29, 1.82) is 0 Å². The average Bonchev–Trinajstić information content (AvgIpc) is 3.25. The van der Waals surface area contributed by atoms with Gasteiger partial charge in [-0.1, -0.05) is 13.0 Å². The summed E-state index contributed by atoms with van der Waals surface area (Å²) < 4.78 is 30.6. The third-order valence-corrected chi connectivity index (χ3v) is 6.51. The van der Waals surface area contributed by atoms with Crippen LogP contribution in [0.3, 0.4) is 0 Å². The van der Waals surface area contributed by atoms with Gasteiger partial charge in [-0.15, -0.1) is 0 Å². The Morgan fingerprint density at radius 3 is 2.71 bits per heavy atom. The van der Waals surface area contributed by atoms with Gasteiger partial charge in [0.15, 0.2) is 0 Å². The molecule has 1 aliphatic rings. The Balaban J connectivity index is 1.64. The van der Waals surface area contributed by atoms with Crippen LogP contribution < -0.4 is 9.62 Å². The second kappa shape index (κ2) is 6.98. The number of rotatable bonds is 5. The highest BCUT2D eigenvalue weighted by molar-refractivity contribution is 7.92. The lowest BCUT2D eigenvalue weighted by atomic mass is 10.2. The van der Waals surface area contributed by atoms with Gasteiger partial charge in [0, 0.05) is 48.5 Å². The zero-order valence-electron chi connectivity index (χ0n) is 16.0. The number of carbonyl (C=O) groups is 1. The summed E-state index contributed by atoms with van der Waals surface area (Å²) >= 11 is 0. The Hall–Kier alpha value is -2.80. The summed E-state index contributed by atoms with van der Waals surface area (Å²) in [5, 5.41) is 0.991. The van der Waals surface area contributed by atoms with Crippen molar-refractivity contribution in [2.24, 2.45) is 0 Å². The molecule has 0 bridgehead atoms. The Morgan fingerprint density at radius 1 is 1.14 bits per heavy atom. The molecule has 1 amide bonds. The third kappa shape index (κ3) is 3.26. The van der Waals surface area contributed by atoms with E-state index >= 15 is 0 Å². The predicted molar refractivity (Wildman–Crippen MR) is 111 cm³/mol. The first kappa shape index (κ1) is 18.6. The minimum absolute atomic E-state index is 0.0803. The van der Waals surface area contributed by atoms with Crippen molar-refractivity contribution in [1.82, 2.24) is 4.57 Å². The number of benzene rings is 2. The molecule has 0 atom stereocenters. The number of carbonyl (C=O) groups excluding carboxylic acids is 1. The number of nitrogens with zero attached hydrogens (tertiary/aromatic N) is 2. The standard InChI is InChI=1S/C21H23N3O3S/c1-3-10-23-11-8-17-13-18(5-7-20(17)23)22-28(26,27)19-6-4-16-9-12-24(15(2)25)21(16)14-19/h4-8,11,13-14,22H,3,9-10,12H2,1-2H3. The summed E-state index contributed by atoms with van der Waals surface area (Å²) in [4.78, 5) is 13.6. The summed E-state index contributed by atoms with van der Waals surface area (Å²) in [6, 6.07) is 12.5. The first-order chi connectivity index (χ1) is 13.4. The number of fused-ring (bicyclic) bond motifs is 2. The summed E-state index contributed by atoms with van der Waals surface area (Å²) in [5.41, 5.74) is 3.28. The molecule has 3 aromatic rings. The molecule has 0 saturated heterocycles. The Bertz CT molecular complexity index is 1160. The van der Waals surface area contributed by atoms with E-state index in [2.05, 4.69) is 16.2 Å². The fourth-order valence-electron chi connectivity index (χ4n) is 3.77. The summed E-state index contributed by atoms with van der Waals surface area (Å²) in [6.45, 7) is 5.13. The summed E-state index contributed by atoms with van der Waals surface area (Å²) in [6.07, 6.45) is 3.80. The van der Waals surface area contributed by atoms with Crippen molar-refractivity contribution in [2.75, 3.05) is 16.2 Å². The third-order valence-electron chi connectivity index (χ3n) is 5.13. The topological polar surface area (TPSA) is 71.4 Å². The number of hydrogen-bond donors (Lipinski definition) is 1. The first-order valence-corrected chi connectivity index (χ1v) is 10.9. The number of nitrogens with one attached hydrogen (secondary N) is 1. The van der Waals surface area contributed by atoms with Crippen LogP contribution >= 0.6 is 0 Å². The van der Waals surface area contributed by atoms with Crippen LogP contribution in [0.15, 0.2) is 53.6 Å². The van der Waals surface area contributed by atoms with Gasteiger partial charge < -0.3 is 9.47 Å². The highest BCUT2D eigenvalue weighted by atomic mass is 32.2. The molecular weight excluding hydrogens is 374 g/mol. The smallest absolute Gasteiger partial charge is 0.261 e. The Labute approximate surface area is 164 Å². The van der Waals surface area contributed by atoms with Crippen molar-refractivity contribution < 1.29 is 13.2 Å². The van der Waals surface area contributed by atoms with E-state index in [0.717, 1.165) is 35.9 Å². The maximum absolute atomic E-state index is 12.9. The molecule has 0 spiro atoms. The van der Waals surface area contributed by atoms with Crippen LogP contribution in [0, 0.1) is 0 Å². The molecule has 4 rings (SSSR count). The SMILES string of the molecule is CCCn1ccc2cc(NS(=O)(=O)c3ccc4c(c3)N(C(C)=O)CC4)ccc21. The zero-order chi connectivity index (χ0) is 19.9. The maximum atomic E-state index is 12.9. The molecule has 0 saturated carbocycles. The molecule has 0 radical (unpaired) electrons. The lowest BCUT2D eigenvalue weighted by Gasteiger charge is -2.16. The quantitative estimate of drug-likeness (QED) is 0.713. The lowest BCUT2D eigenvalue weighted by Crippen LogP contribution is -2.26. The molecular formula is C21H23N3O3S. The van der Waals surface area contributed by atoms with E-state index in [9.17, 15) is 13.2 Å². The van der Waals surface area contributed by atoms with Crippen molar-refractivity contribution in [3.05, 3.63) is 54.2 Å². The van der Waals surface area contributed by atoms with Gasteiger partial charge in [-0.3, -0.25) is 9.52 Å². The lowest BCUT2D eigenvalue weighted by molar-refractivity contribution is -0.116. The Morgan fingerprint density at radius 2 is 1.96 bits per heavy atom. The Kier molecular flexibility index (Phi) is 4.63. The number of hydrogen-bond acceptors (Lipinski definition) is 3. The van der Waals surface area contributed by atoms with Crippen LogP contribution in [0.1, 0.15) is 25.8 Å². The largest absolute Gasteiger partial charge is 0.347 e. The van der Waals surface area contributed by atoms with Crippen LogP contribution in [-0.4, -0.2) is 25.4 Å². The van der Waals surface area contributed by atoms with E-state index < -0.39 is 10.0 Å². The molecule has 1 aromatic heterocycles. The van der Waals surface area contributed by atoms with E-state index in [1.807, 2.05) is 24.4 Å². The minimum Gasteiger partial charge on any atom is -0.347 e. The van der Waals surface area contributed by atoms with E-state index in [1.54, 1.807) is 29.2 Å². The molecule has 146 valence electrons. The second-order valence-corrected chi connectivity index (χ2v) is 8.78. The molecule has 1 aliphatic heterocycles. The highest BCUT2D eigenvalue weighted by Gasteiger charge is 2.25. The second-order valence-electron chi connectivity index (χ2n) is 7.10. The highest BCUT2D eigenvalue weighted by Crippen LogP contribution is 2.31. The van der Waals surface area contributed by atoms with Crippen molar-refractivity contribution >= 4 is 38.2 Å². The van der Waals surface area contributed by atoms with Gasteiger partial charge in [-0.05, 0) is 54.8 Å². The first-order valence-electron chi connectivity index (χ1n) is 9.42. The van der Waals surface area contributed by atoms with Gasteiger partial charge in [0.2, 0.25) is 5.91 Å². The summed E-state index contributed by atoms with van der Waals surface area (Å²) in [5.74, 6) is -0.0803. The zero-order valence-corrected chi connectivity index (χ0v) is 16.8. The van der Waals surface area contributed by atoms with Gasteiger partial charge in [0.25, 0.3) is 10.0 Å². The van der Waals surface area contributed by atoms with Crippen molar-refractivity contribution in [3.63, 3.8) is 0 Å². The molecule has 1 N–H and O–H groups in total. The fourth-order valence-corrected chi connectivity index (χ4v) is 4.84. The van der Waals surface area contributed by atoms with Gasteiger partial charge >= 0.3 is 0 Å². The summed E-state index contributed by atoms with van der Waals surface area (Å²) in [7, 11) is -3.75. The molecule has 0 aliphatic carbocycles. The minimum atomic E-state index is -3.75. The van der Waals surface area contributed by atoms with Crippen LogP contribution in [0.25, 0.3) is 10.9 Å². The number of aryl methyl sites for hydroxylation is 1. The fraction of sp³-hybridized carbons (Fsp3) is 0.286. The number of anilines is 2. The van der Waals surface area contributed by atoms with Crippen LogP contribution in [0.4, 0.5) is 11.4 Å². The molecule has 7 heteroatoms. The van der Waals surface area contributed by atoms with Gasteiger partial charge in [-0.2, -0.15) is 0 Å². The number of sulfonamides is 1. The number of aromatic nitrogens is 1. The van der Waals surface area contributed by atoms with Gasteiger partial charge in [0.05, 0.1) is 4.90 Å². The molecule has 2 aromatic carbocycles. The maximum Gasteiger partial charge on any atom is 0.261 e. The predicted octanol–water partition coefficient (Wildman–Crippen LogP) is 3.76. The van der Waals surface area contributed by atoms with E-state index in [-0.39, 0.29) is 10.8 Å². The molecule has 2 heterocycles. The van der Waals surface area contributed by atoms with E-state index in [0.29, 0.717) is 17.9 Å². The molecule has 28 heavy (non-hydrogen) atoms. The van der Waals surface area contributed by atoms with Crippen LogP contribution in [0.5, 0.6) is 0 Å². The molecule has 0 fully saturated rings. The van der Waals surface area contributed by atoms with Crippen molar-refractivity contribution in [3.8, 4) is 0 Å². The van der Waals surface area contributed by atoms with Crippen LogP contribution in [-0.2, 0) is 27.8 Å². The van der Waals surface area contributed by atoms with Crippen molar-refractivity contribution in [2.45, 2.75) is 38.1 Å². The van der Waals surface area contributed by atoms with E-state index in [1.165, 1.54) is 6.92 Å². The van der Waals surface area contributed by atoms with Gasteiger partial charge in [0.1, 0.15) is 0 Å². The molecule has 0 unspecified atom stereocenters. The van der Waals surface area contributed by atoms with Gasteiger partial charge in [-0.25, -0.2) is 8.42 Å². The normalized spacial score (nSPS) is 13.7. The monoisotopic (exact) mass is 397 g/mol. The van der Waals surface area contributed by atoms with E-state index in [4.69, 9.17) is 0 Å².